The second-order valence-corrected chi connectivity index (χ2v) is 6.15. The highest BCUT2D eigenvalue weighted by atomic mass is 15.3. The van der Waals surface area contributed by atoms with E-state index in [0.717, 1.165) is 41.4 Å². The van der Waals surface area contributed by atoms with Gasteiger partial charge in [0.25, 0.3) is 0 Å². The Morgan fingerprint density at radius 2 is 2.23 bits per heavy atom. The van der Waals surface area contributed by atoms with Crippen molar-refractivity contribution in [2.24, 2.45) is 16.0 Å². The zero-order valence-electron chi connectivity index (χ0n) is 14.1. The molecule has 1 N–H and O–H groups in total. The molecule has 2 unspecified atom stereocenters. The standard InChI is InChI=1S/C18H28N4/c1-6-8-15-9-10-22(17(15)7-2)18-14(5)16(13(3)4)11-20-21-12-19-18/h11-12,15,17,20H,3,5-10H2,1-2,4H3/b16-11-,19-18?,21-12-. The summed E-state index contributed by atoms with van der Waals surface area (Å²) in [6.45, 7) is 15.9. The second kappa shape index (κ2) is 7.43. The van der Waals surface area contributed by atoms with Crippen LogP contribution in [0.1, 0.15) is 46.5 Å². The predicted molar refractivity (Wildman–Crippen MR) is 94.9 cm³/mol. The molecule has 0 aliphatic carbocycles. The van der Waals surface area contributed by atoms with Gasteiger partial charge >= 0.3 is 0 Å². The average molecular weight is 300 g/mol. The van der Waals surface area contributed by atoms with Gasteiger partial charge in [-0.05, 0) is 37.7 Å². The lowest BCUT2D eigenvalue weighted by Gasteiger charge is -2.31. The van der Waals surface area contributed by atoms with E-state index in [9.17, 15) is 0 Å². The van der Waals surface area contributed by atoms with Gasteiger partial charge in [0.2, 0.25) is 0 Å². The van der Waals surface area contributed by atoms with Crippen LogP contribution in [0.25, 0.3) is 0 Å². The van der Waals surface area contributed by atoms with Crippen LogP contribution in [0.3, 0.4) is 0 Å². The fourth-order valence-electron chi connectivity index (χ4n) is 3.57. The number of amidine groups is 1. The molecule has 4 nitrogen and oxygen atoms in total. The van der Waals surface area contributed by atoms with Gasteiger partial charge in [-0.1, -0.05) is 33.4 Å². The Morgan fingerprint density at radius 1 is 1.45 bits per heavy atom. The molecule has 2 heterocycles. The van der Waals surface area contributed by atoms with E-state index >= 15 is 0 Å². The van der Waals surface area contributed by atoms with Gasteiger partial charge in [0.05, 0.1) is 0 Å². The van der Waals surface area contributed by atoms with Gasteiger partial charge in [0, 0.05) is 29.9 Å². The molecule has 2 atom stereocenters. The van der Waals surface area contributed by atoms with Gasteiger partial charge in [-0.15, -0.1) is 0 Å². The van der Waals surface area contributed by atoms with Crippen LogP contribution in [0, 0.1) is 5.92 Å². The van der Waals surface area contributed by atoms with E-state index in [2.05, 4.69) is 47.4 Å². The van der Waals surface area contributed by atoms with Crippen LogP contribution in [0.2, 0.25) is 0 Å². The lowest BCUT2D eigenvalue weighted by atomic mass is 9.93. The third-order valence-corrected chi connectivity index (χ3v) is 4.61. The molecule has 2 rings (SSSR count). The van der Waals surface area contributed by atoms with Crippen molar-refractivity contribution in [3.63, 3.8) is 0 Å². The van der Waals surface area contributed by atoms with Gasteiger partial charge in [0.1, 0.15) is 12.2 Å². The van der Waals surface area contributed by atoms with Crippen LogP contribution in [-0.2, 0) is 0 Å². The van der Waals surface area contributed by atoms with E-state index in [4.69, 9.17) is 0 Å². The van der Waals surface area contributed by atoms with E-state index in [-0.39, 0.29) is 0 Å². The van der Waals surface area contributed by atoms with Crippen LogP contribution in [-0.4, -0.2) is 29.7 Å². The smallest absolute Gasteiger partial charge is 0.138 e. The molecule has 4 heteroatoms. The monoisotopic (exact) mass is 300 g/mol. The Balaban J connectivity index is 2.31. The van der Waals surface area contributed by atoms with Gasteiger partial charge < -0.3 is 4.90 Å². The summed E-state index contributed by atoms with van der Waals surface area (Å²) in [7, 11) is 0. The van der Waals surface area contributed by atoms with Gasteiger partial charge in [-0.25, -0.2) is 4.99 Å². The summed E-state index contributed by atoms with van der Waals surface area (Å²) < 4.78 is 0. The number of nitrogens with zero attached hydrogens (tertiary/aromatic N) is 3. The molecular formula is C18H28N4. The number of rotatable bonds is 4. The minimum atomic E-state index is 0.544. The highest BCUT2D eigenvalue weighted by Crippen LogP contribution is 2.33. The van der Waals surface area contributed by atoms with Crippen molar-refractivity contribution in [2.75, 3.05) is 6.54 Å². The predicted octanol–water partition coefficient (Wildman–Crippen LogP) is 3.85. The summed E-state index contributed by atoms with van der Waals surface area (Å²) >= 11 is 0. The van der Waals surface area contributed by atoms with E-state index in [1.165, 1.54) is 19.3 Å². The molecule has 0 aromatic rings. The molecule has 2 aliphatic heterocycles. The van der Waals surface area contributed by atoms with E-state index in [1.807, 2.05) is 13.1 Å². The highest BCUT2D eigenvalue weighted by molar-refractivity contribution is 6.06. The Hall–Kier alpha value is -1.84. The van der Waals surface area contributed by atoms with Crippen molar-refractivity contribution in [1.29, 1.82) is 0 Å². The second-order valence-electron chi connectivity index (χ2n) is 6.15. The molecule has 0 spiro atoms. The van der Waals surface area contributed by atoms with Crippen molar-refractivity contribution in [2.45, 2.75) is 52.5 Å². The topological polar surface area (TPSA) is 40.0 Å². The van der Waals surface area contributed by atoms with Crippen LogP contribution in [0.4, 0.5) is 0 Å². The summed E-state index contributed by atoms with van der Waals surface area (Å²) in [6.07, 6.45) is 8.33. The minimum absolute atomic E-state index is 0.544. The normalized spacial score (nSPS) is 29.0. The van der Waals surface area contributed by atoms with E-state index in [0.29, 0.717) is 6.04 Å². The summed E-state index contributed by atoms with van der Waals surface area (Å²) in [6, 6.07) is 0.544. The number of aliphatic imine (C=N–C) groups is 1. The van der Waals surface area contributed by atoms with Crippen LogP contribution >= 0.6 is 0 Å². The fourth-order valence-corrected chi connectivity index (χ4v) is 3.57. The maximum absolute atomic E-state index is 4.58. The molecule has 0 bridgehead atoms. The quantitative estimate of drug-likeness (QED) is 0.856. The molecule has 1 saturated heterocycles. The number of allylic oxidation sites excluding steroid dienone is 1. The number of nitrogens with one attached hydrogen (secondary N) is 1. The summed E-state index contributed by atoms with van der Waals surface area (Å²) in [5, 5.41) is 4.08. The third-order valence-electron chi connectivity index (χ3n) is 4.61. The highest BCUT2D eigenvalue weighted by Gasteiger charge is 2.35. The Labute approximate surface area is 134 Å². The van der Waals surface area contributed by atoms with Crippen molar-refractivity contribution in [1.82, 2.24) is 10.3 Å². The zero-order valence-corrected chi connectivity index (χ0v) is 14.1. The van der Waals surface area contributed by atoms with Crippen molar-refractivity contribution in [3.05, 3.63) is 36.1 Å². The van der Waals surface area contributed by atoms with Gasteiger partial charge in [0.15, 0.2) is 0 Å². The molecule has 120 valence electrons. The van der Waals surface area contributed by atoms with E-state index in [1.54, 1.807) is 6.34 Å². The number of hydrogen-bond donors (Lipinski definition) is 1. The lowest BCUT2D eigenvalue weighted by molar-refractivity contribution is 0.310. The number of likely N-dealkylation sites (tertiary alicyclic amines) is 1. The minimum Gasteiger partial charge on any atom is -0.353 e. The first-order chi connectivity index (χ1) is 10.6. The first-order valence-electron chi connectivity index (χ1n) is 8.27. The largest absolute Gasteiger partial charge is 0.353 e. The molecule has 22 heavy (non-hydrogen) atoms. The molecule has 1 fully saturated rings. The van der Waals surface area contributed by atoms with Gasteiger partial charge in [-0.2, -0.15) is 5.10 Å². The number of hydrogen-bond acceptors (Lipinski definition) is 4. The molecule has 0 amide bonds. The average Bonchev–Trinajstić information content (AvgIpc) is 2.86. The molecule has 0 radical (unpaired) electrons. The van der Waals surface area contributed by atoms with Crippen molar-refractivity contribution in [3.8, 4) is 0 Å². The number of hydrazone groups is 1. The first kappa shape index (κ1) is 16.5. The Kier molecular flexibility index (Phi) is 5.58. The first-order valence-corrected chi connectivity index (χ1v) is 8.27. The van der Waals surface area contributed by atoms with Crippen molar-refractivity contribution < 1.29 is 0 Å². The van der Waals surface area contributed by atoms with Crippen molar-refractivity contribution >= 4 is 12.2 Å². The molecule has 0 aromatic heterocycles. The van der Waals surface area contributed by atoms with Crippen LogP contribution < -0.4 is 5.43 Å². The fraction of sp³-hybridized carbons (Fsp3) is 0.556. The van der Waals surface area contributed by atoms with Gasteiger partial charge in [-0.3, -0.25) is 5.43 Å². The maximum Gasteiger partial charge on any atom is 0.138 e. The maximum atomic E-state index is 4.58. The molecule has 0 saturated carbocycles. The summed E-state index contributed by atoms with van der Waals surface area (Å²) in [4.78, 5) is 7.01. The van der Waals surface area contributed by atoms with Crippen LogP contribution in [0.15, 0.2) is 46.2 Å². The Morgan fingerprint density at radius 3 is 2.86 bits per heavy atom. The summed E-state index contributed by atoms with van der Waals surface area (Å²) in [5.41, 5.74) is 5.77. The Bertz CT molecular complexity index is 527. The summed E-state index contributed by atoms with van der Waals surface area (Å²) in [5.74, 6) is 1.70. The zero-order chi connectivity index (χ0) is 16.1. The van der Waals surface area contributed by atoms with Crippen LogP contribution in [0.5, 0.6) is 0 Å². The van der Waals surface area contributed by atoms with E-state index < -0.39 is 0 Å². The third kappa shape index (κ3) is 3.32. The lowest BCUT2D eigenvalue weighted by Crippen LogP contribution is -2.39. The molecular weight excluding hydrogens is 272 g/mol. The molecule has 2 aliphatic rings. The SMILES string of the molecule is C=C(C)/C1=C/N/N=C\N=C(N2CCC(CCC)C2CC)C1=C. The molecule has 0 aromatic carbocycles.